The van der Waals surface area contributed by atoms with E-state index < -0.39 is 0 Å². The minimum atomic E-state index is 0.608. The Balaban J connectivity index is 0.00000199. The van der Waals surface area contributed by atoms with E-state index in [1.54, 1.807) is 0 Å². The minimum absolute atomic E-state index is 0.608. The SMILES string of the molecule is C=C/C(=C\C=C/C)n1ccc2cc(C=[N+]3CCC(C(CC)=NC(C)=C(C)C)CC3)ccc21.CC. The van der Waals surface area contributed by atoms with Gasteiger partial charge in [0, 0.05) is 53.0 Å². The van der Waals surface area contributed by atoms with Gasteiger partial charge in [0.2, 0.25) is 0 Å². The second-order valence-corrected chi connectivity index (χ2v) is 8.81. The number of benzene rings is 1. The Morgan fingerprint density at radius 1 is 1.15 bits per heavy atom. The number of hydrogen-bond donors (Lipinski definition) is 0. The highest BCUT2D eigenvalue weighted by molar-refractivity contribution is 5.90. The molecule has 0 spiro atoms. The monoisotopic (exact) mass is 458 g/mol. The van der Waals surface area contributed by atoms with E-state index in [0.717, 1.165) is 25.2 Å². The van der Waals surface area contributed by atoms with E-state index in [0.29, 0.717) is 5.92 Å². The predicted octanol–water partition coefficient (Wildman–Crippen LogP) is 8.28. The number of fused-ring (bicyclic) bond motifs is 1. The number of hydrogen-bond acceptors (Lipinski definition) is 1. The summed E-state index contributed by atoms with van der Waals surface area (Å²) in [7, 11) is 0. The highest BCUT2D eigenvalue weighted by atomic mass is 15.0. The van der Waals surface area contributed by atoms with Crippen molar-refractivity contribution >= 4 is 28.5 Å². The molecule has 2 aromatic rings. The Kier molecular flexibility index (Phi) is 11.0. The smallest absolute Gasteiger partial charge is 0.170 e. The van der Waals surface area contributed by atoms with Crippen LogP contribution in [0.5, 0.6) is 0 Å². The summed E-state index contributed by atoms with van der Waals surface area (Å²) < 4.78 is 4.66. The molecule has 1 saturated heterocycles. The number of nitrogens with zero attached hydrogens (tertiary/aromatic N) is 3. The largest absolute Gasteiger partial charge is 0.317 e. The average Bonchev–Trinajstić information content (AvgIpc) is 3.28. The summed E-state index contributed by atoms with van der Waals surface area (Å²) in [5.74, 6) is 0.608. The van der Waals surface area contributed by atoms with Crippen molar-refractivity contribution in [2.45, 2.75) is 67.7 Å². The third kappa shape index (κ3) is 7.03. The van der Waals surface area contributed by atoms with Gasteiger partial charge < -0.3 is 4.57 Å². The maximum Gasteiger partial charge on any atom is 0.170 e. The van der Waals surface area contributed by atoms with Gasteiger partial charge in [-0.3, -0.25) is 4.99 Å². The summed E-state index contributed by atoms with van der Waals surface area (Å²) >= 11 is 0. The molecule has 2 heterocycles. The number of piperidine rings is 1. The molecule has 1 aliphatic heterocycles. The highest BCUT2D eigenvalue weighted by Gasteiger charge is 2.24. The summed E-state index contributed by atoms with van der Waals surface area (Å²) in [6.07, 6.45) is 15.9. The van der Waals surface area contributed by atoms with Crippen LogP contribution in [0.2, 0.25) is 0 Å². The normalized spacial score (nSPS) is 16.9. The molecule has 1 aromatic heterocycles. The van der Waals surface area contributed by atoms with Gasteiger partial charge in [0.25, 0.3) is 0 Å². The molecule has 0 aliphatic carbocycles. The molecular weight excluding hydrogens is 414 g/mol. The molecule has 182 valence electrons. The Labute approximate surface area is 207 Å². The van der Waals surface area contributed by atoms with E-state index in [4.69, 9.17) is 4.99 Å². The van der Waals surface area contributed by atoms with E-state index in [-0.39, 0.29) is 0 Å². The van der Waals surface area contributed by atoms with Crippen LogP contribution in [-0.2, 0) is 0 Å². The van der Waals surface area contributed by atoms with Crippen LogP contribution in [-0.4, -0.2) is 34.2 Å². The van der Waals surface area contributed by atoms with Gasteiger partial charge in [-0.1, -0.05) is 45.1 Å². The molecular formula is C31H44N3+. The second kappa shape index (κ2) is 13.7. The lowest BCUT2D eigenvalue weighted by molar-refractivity contribution is -0.534. The second-order valence-electron chi connectivity index (χ2n) is 8.81. The lowest BCUT2D eigenvalue weighted by atomic mass is 9.91. The fourth-order valence-corrected chi connectivity index (χ4v) is 4.27. The predicted molar refractivity (Wildman–Crippen MR) is 152 cm³/mol. The van der Waals surface area contributed by atoms with Crippen LogP contribution in [0.15, 0.2) is 77.6 Å². The van der Waals surface area contributed by atoms with E-state index in [1.807, 2.05) is 39.0 Å². The molecule has 0 N–H and O–H groups in total. The number of rotatable bonds is 7. The molecule has 0 radical (unpaired) electrons. The lowest BCUT2D eigenvalue weighted by Gasteiger charge is -2.22. The van der Waals surface area contributed by atoms with Crippen molar-refractivity contribution in [1.82, 2.24) is 4.57 Å². The van der Waals surface area contributed by atoms with Crippen LogP contribution in [0.1, 0.15) is 73.3 Å². The summed E-state index contributed by atoms with van der Waals surface area (Å²) in [4.78, 5) is 4.95. The van der Waals surface area contributed by atoms with Gasteiger partial charge in [0.15, 0.2) is 6.21 Å². The number of aromatic nitrogens is 1. The van der Waals surface area contributed by atoms with Gasteiger partial charge in [0.05, 0.1) is 5.52 Å². The Hall–Kier alpha value is -2.94. The van der Waals surface area contributed by atoms with Gasteiger partial charge in [-0.05, 0) is 70.5 Å². The van der Waals surface area contributed by atoms with Crippen LogP contribution < -0.4 is 0 Å². The van der Waals surface area contributed by atoms with Gasteiger partial charge in [0.1, 0.15) is 13.1 Å². The quantitative estimate of drug-likeness (QED) is 0.226. The molecule has 0 atom stereocenters. The van der Waals surface area contributed by atoms with Gasteiger partial charge in [-0.25, -0.2) is 4.58 Å². The third-order valence-electron chi connectivity index (χ3n) is 6.39. The van der Waals surface area contributed by atoms with E-state index >= 15 is 0 Å². The zero-order chi connectivity index (χ0) is 25.1. The Bertz CT molecular complexity index is 1100. The van der Waals surface area contributed by atoms with Crippen molar-refractivity contribution in [3.05, 3.63) is 78.2 Å². The molecule has 0 saturated carbocycles. The van der Waals surface area contributed by atoms with Crippen molar-refractivity contribution < 1.29 is 4.58 Å². The van der Waals surface area contributed by atoms with E-state index in [2.05, 4.69) is 86.2 Å². The molecule has 34 heavy (non-hydrogen) atoms. The fraction of sp³-hybridized carbons (Fsp3) is 0.419. The first-order valence-electron chi connectivity index (χ1n) is 12.8. The van der Waals surface area contributed by atoms with Crippen molar-refractivity contribution in [3.63, 3.8) is 0 Å². The Morgan fingerprint density at radius 2 is 1.85 bits per heavy atom. The lowest BCUT2D eigenvalue weighted by Crippen LogP contribution is -2.31. The molecule has 1 aliphatic rings. The molecule has 0 bridgehead atoms. The molecule has 3 rings (SSSR count). The molecule has 3 heteroatoms. The molecule has 0 amide bonds. The van der Waals surface area contributed by atoms with E-state index in [1.165, 1.54) is 46.3 Å². The maximum absolute atomic E-state index is 4.95. The van der Waals surface area contributed by atoms with Crippen molar-refractivity contribution in [2.24, 2.45) is 10.9 Å². The number of allylic oxidation sites excluding steroid dienone is 7. The maximum atomic E-state index is 4.95. The van der Waals surface area contributed by atoms with Gasteiger partial charge in [-0.15, -0.1) is 0 Å². The number of aliphatic imine (C=N–C) groups is 1. The molecule has 0 unspecified atom stereocenters. The van der Waals surface area contributed by atoms with Crippen molar-refractivity contribution in [3.8, 4) is 0 Å². The summed E-state index contributed by atoms with van der Waals surface area (Å²) in [6.45, 7) is 20.8. The van der Waals surface area contributed by atoms with Crippen LogP contribution in [0.3, 0.4) is 0 Å². The van der Waals surface area contributed by atoms with E-state index in [9.17, 15) is 0 Å². The van der Waals surface area contributed by atoms with Gasteiger partial charge >= 0.3 is 0 Å². The first-order valence-corrected chi connectivity index (χ1v) is 12.8. The zero-order valence-electron chi connectivity index (χ0n) is 22.4. The van der Waals surface area contributed by atoms with Crippen molar-refractivity contribution in [1.29, 1.82) is 0 Å². The summed E-state index contributed by atoms with van der Waals surface area (Å²) in [5.41, 5.74) is 7.40. The summed E-state index contributed by atoms with van der Waals surface area (Å²) in [6, 6.07) is 8.90. The third-order valence-corrected chi connectivity index (χ3v) is 6.39. The Morgan fingerprint density at radius 3 is 2.44 bits per heavy atom. The first kappa shape index (κ1) is 27.3. The van der Waals surface area contributed by atoms with Crippen LogP contribution in [0, 0.1) is 5.92 Å². The highest BCUT2D eigenvalue weighted by Crippen LogP contribution is 2.23. The van der Waals surface area contributed by atoms with Gasteiger partial charge in [-0.2, -0.15) is 0 Å². The van der Waals surface area contributed by atoms with Crippen LogP contribution >= 0.6 is 0 Å². The molecule has 3 nitrogen and oxygen atoms in total. The zero-order valence-corrected chi connectivity index (χ0v) is 22.4. The molecule has 1 fully saturated rings. The fourth-order valence-electron chi connectivity index (χ4n) is 4.27. The minimum Gasteiger partial charge on any atom is -0.317 e. The van der Waals surface area contributed by atoms with Crippen LogP contribution in [0.4, 0.5) is 0 Å². The standard InChI is InChI=1S/C29H38N3.C2H6/c1-7-10-11-27(8-2)32-19-16-26-20-24(12-13-29(26)32)21-31-17-14-25(15-18-31)28(9-3)30-23(6)22(4)5;1-2/h7-8,10-13,16,19-21,25H,2,9,14-15,17-18H2,1,3-6H3;1-2H3/q+1;/b10-7-,27-11+,30-28?;. The molecule has 1 aromatic carbocycles. The van der Waals surface area contributed by atoms with Crippen molar-refractivity contribution in [2.75, 3.05) is 13.1 Å². The summed E-state index contributed by atoms with van der Waals surface area (Å²) in [5, 5.41) is 1.25. The van der Waals surface area contributed by atoms with Crippen LogP contribution in [0.25, 0.3) is 16.6 Å². The average molecular weight is 459 g/mol. The topological polar surface area (TPSA) is 20.3 Å². The first-order chi connectivity index (χ1) is 16.5.